The molecule has 0 saturated carbocycles. The van der Waals surface area contributed by atoms with Crippen LogP contribution in [0.2, 0.25) is 0 Å². The normalized spacial score (nSPS) is 15.2. The monoisotopic (exact) mass is 487 g/mol. The van der Waals surface area contributed by atoms with E-state index >= 15 is 0 Å². The topological polar surface area (TPSA) is 52.7 Å². The SMILES string of the molecule is O=C(CN1CCCN(C(=O)Cc2cccc(SC(F)(F)F)c2)CC1)Nc1ccc(F)cc1F. The number of anilines is 1. The fourth-order valence-corrected chi connectivity index (χ4v) is 4.13. The molecule has 2 aromatic rings. The van der Waals surface area contributed by atoms with Crippen molar-refractivity contribution in [2.45, 2.75) is 23.2 Å². The van der Waals surface area contributed by atoms with Gasteiger partial charge in [-0.05, 0) is 48.0 Å². The molecule has 2 amide bonds. The number of nitrogens with zero attached hydrogens (tertiary/aromatic N) is 2. The summed E-state index contributed by atoms with van der Waals surface area (Å²) in [5, 5.41) is 2.41. The van der Waals surface area contributed by atoms with E-state index in [-0.39, 0.29) is 41.2 Å². The molecular weight excluding hydrogens is 465 g/mol. The van der Waals surface area contributed by atoms with E-state index in [1.54, 1.807) is 11.0 Å². The zero-order valence-corrected chi connectivity index (χ0v) is 18.3. The number of carbonyl (C=O) groups is 2. The number of benzene rings is 2. The molecule has 1 saturated heterocycles. The first-order chi connectivity index (χ1) is 15.6. The number of amides is 2. The molecule has 0 spiro atoms. The summed E-state index contributed by atoms with van der Waals surface area (Å²) in [6.07, 6.45) is 0.588. The summed E-state index contributed by atoms with van der Waals surface area (Å²) in [6, 6.07) is 8.68. The Hall–Kier alpha value is -2.66. The van der Waals surface area contributed by atoms with Crippen LogP contribution in [0.25, 0.3) is 0 Å². The summed E-state index contributed by atoms with van der Waals surface area (Å²) in [4.78, 5) is 28.4. The van der Waals surface area contributed by atoms with E-state index in [0.717, 1.165) is 12.1 Å². The van der Waals surface area contributed by atoms with Crippen LogP contribution in [0.5, 0.6) is 0 Å². The average molecular weight is 487 g/mol. The molecule has 0 atom stereocenters. The van der Waals surface area contributed by atoms with Crippen molar-refractivity contribution in [3.8, 4) is 0 Å². The van der Waals surface area contributed by atoms with Gasteiger partial charge in [-0.3, -0.25) is 14.5 Å². The van der Waals surface area contributed by atoms with Gasteiger partial charge in [-0.15, -0.1) is 0 Å². The fraction of sp³-hybridized carbons (Fsp3) is 0.364. The highest BCUT2D eigenvalue weighted by Gasteiger charge is 2.29. The fourth-order valence-electron chi connectivity index (χ4n) is 3.50. The quantitative estimate of drug-likeness (QED) is 0.488. The van der Waals surface area contributed by atoms with Crippen LogP contribution in [-0.2, 0) is 16.0 Å². The highest BCUT2D eigenvalue weighted by atomic mass is 32.2. The van der Waals surface area contributed by atoms with Crippen molar-refractivity contribution >= 4 is 29.3 Å². The van der Waals surface area contributed by atoms with E-state index in [9.17, 15) is 31.5 Å². The van der Waals surface area contributed by atoms with Crippen molar-refractivity contribution in [2.75, 3.05) is 38.0 Å². The zero-order chi connectivity index (χ0) is 24.0. The number of carbonyl (C=O) groups excluding carboxylic acids is 2. The maximum atomic E-state index is 13.7. The minimum atomic E-state index is -4.40. The predicted molar refractivity (Wildman–Crippen MR) is 115 cm³/mol. The van der Waals surface area contributed by atoms with Gasteiger partial charge in [0.05, 0.1) is 18.7 Å². The number of hydrogen-bond donors (Lipinski definition) is 1. The standard InChI is InChI=1S/C22H22F5N3O2S/c23-16-5-6-19(18(24)13-16)28-20(31)14-29-7-2-8-30(10-9-29)21(32)12-15-3-1-4-17(11-15)33-22(25,26)27/h1,3-6,11,13H,2,7-10,12,14H2,(H,28,31). The van der Waals surface area contributed by atoms with Gasteiger partial charge >= 0.3 is 5.51 Å². The summed E-state index contributed by atoms with van der Waals surface area (Å²) in [5.74, 6) is -2.27. The summed E-state index contributed by atoms with van der Waals surface area (Å²) in [7, 11) is 0. The molecule has 5 nitrogen and oxygen atoms in total. The van der Waals surface area contributed by atoms with Crippen molar-refractivity contribution in [3.63, 3.8) is 0 Å². The second-order valence-corrected chi connectivity index (χ2v) is 8.69. The Balaban J connectivity index is 1.50. The Bertz CT molecular complexity index is 1000. The van der Waals surface area contributed by atoms with Crippen LogP contribution >= 0.6 is 11.8 Å². The number of thioether (sulfide) groups is 1. The molecular formula is C22H22F5N3O2S. The van der Waals surface area contributed by atoms with Gasteiger partial charge in [-0.2, -0.15) is 13.2 Å². The Labute approximate surface area is 191 Å². The van der Waals surface area contributed by atoms with Crippen LogP contribution in [0.15, 0.2) is 47.4 Å². The molecule has 1 fully saturated rings. The molecule has 2 aromatic carbocycles. The molecule has 0 bridgehead atoms. The lowest BCUT2D eigenvalue weighted by Gasteiger charge is -2.22. The minimum Gasteiger partial charge on any atom is -0.341 e. The van der Waals surface area contributed by atoms with E-state index in [1.165, 1.54) is 18.2 Å². The smallest absolute Gasteiger partial charge is 0.341 e. The first-order valence-corrected chi connectivity index (χ1v) is 11.0. The van der Waals surface area contributed by atoms with Gasteiger partial charge in [0.25, 0.3) is 0 Å². The number of nitrogens with one attached hydrogen (secondary N) is 1. The molecule has 1 N–H and O–H groups in total. The third-order valence-corrected chi connectivity index (χ3v) is 5.72. The van der Waals surface area contributed by atoms with Crippen LogP contribution in [0.3, 0.4) is 0 Å². The van der Waals surface area contributed by atoms with Crippen molar-refractivity contribution in [3.05, 3.63) is 59.7 Å². The number of alkyl halides is 3. The van der Waals surface area contributed by atoms with Crippen LogP contribution in [-0.4, -0.2) is 59.8 Å². The molecule has 1 aliphatic rings. The lowest BCUT2D eigenvalue weighted by molar-refractivity contribution is -0.130. The van der Waals surface area contributed by atoms with E-state index in [1.807, 2.05) is 4.90 Å². The molecule has 0 unspecified atom stereocenters. The van der Waals surface area contributed by atoms with Gasteiger partial charge in [-0.1, -0.05) is 12.1 Å². The zero-order valence-electron chi connectivity index (χ0n) is 17.5. The Morgan fingerprint density at radius 1 is 1.00 bits per heavy atom. The Kier molecular flexibility index (Phi) is 8.30. The molecule has 1 heterocycles. The van der Waals surface area contributed by atoms with Crippen molar-refractivity contribution in [1.82, 2.24) is 9.80 Å². The van der Waals surface area contributed by atoms with Crippen LogP contribution in [0.1, 0.15) is 12.0 Å². The van der Waals surface area contributed by atoms with Crippen molar-refractivity contribution < 1.29 is 31.5 Å². The number of rotatable bonds is 6. The van der Waals surface area contributed by atoms with Gasteiger partial charge in [-0.25, -0.2) is 8.78 Å². The molecule has 33 heavy (non-hydrogen) atoms. The largest absolute Gasteiger partial charge is 0.446 e. The molecule has 0 radical (unpaired) electrons. The number of halogens is 5. The molecule has 0 aromatic heterocycles. The Morgan fingerprint density at radius 3 is 2.52 bits per heavy atom. The maximum absolute atomic E-state index is 13.7. The third-order valence-electron chi connectivity index (χ3n) is 5.00. The first kappa shape index (κ1) is 25.0. The van der Waals surface area contributed by atoms with Crippen LogP contribution < -0.4 is 5.32 Å². The van der Waals surface area contributed by atoms with Gasteiger partial charge in [0.1, 0.15) is 11.6 Å². The second kappa shape index (κ2) is 11.0. The highest BCUT2D eigenvalue weighted by molar-refractivity contribution is 8.00. The second-order valence-electron chi connectivity index (χ2n) is 7.55. The molecule has 178 valence electrons. The van der Waals surface area contributed by atoms with E-state index < -0.39 is 23.0 Å². The van der Waals surface area contributed by atoms with Crippen molar-refractivity contribution in [2.24, 2.45) is 0 Å². The minimum absolute atomic E-state index is 0.0173. The van der Waals surface area contributed by atoms with Crippen LogP contribution in [0, 0.1) is 11.6 Å². The number of hydrogen-bond acceptors (Lipinski definition) is 4. The summed E-state index contributed by atoms with van der Waals surface area (Å²) in [6.45, 7) is 1.75. The van der Waals surface area contributed by atoms with Crippen LogP contribution in [0.4, 0.5) is 27.6 Å². The molecule has 3 rings (SSSR count). The lowest BCUT2D eigenvalue weighted by atomic mass is 10.1. The Morgan fingerprint density at radius 2 is 1.79 bits per heavy atom. The first-order valence-electron chi connectivity index (χ1n) is 10.2. The summed E-state index contributed by atoms with van der Waals surface area (Å²) < 4.78 is 64.4. The average Bonchev–Trinajstić information content (AvgIpc) is 2.95. The van der Waals surface area contributed by atoms with Gasteiger partial charge < -0.3 is 10.2 Å². The summed E-state index contributed by atoms with van der Waals surface area (Å²) >= 11 is -0.223. The van der Waals surface area contributed by atoms with Gasteiger partial charge in [0, 0.05) is 37.1 Å². The lowest BCUT2D eigenvalue weighted by Crippen LogP contribution is -2.38. The molecule has 1 aliphatic heterocycles. The van der Waals surface area contributed by atoms with E-state index in [2.05, 4.69) is 5.32 Å². The maximum Gasteiger partial charge on any atom is 0.446 e. The van der Waals surface area contributed by atoms with Crippen molar-refractivity contribution in [1.29, 1.82) is 0 Å². The highest BCUT2D eigenvalue weighted by Crippen LogP contribution is 2.37. The summed E-state index contributed by atoms with van der Waals surface area (Å²) in [5.41, 5.74) is -4.01. The van der Waals surface area contributed by atoms with Gasteiger partial charge in [0.2, 0.25) is 11.8 Å². The predicted octanol–water partition coefficient (Wildman–Crippen LogP) is 4.29. The van der Waals surface area contributed by atoms with E-state index in [4.69, 9.17) is 0 Å². The third kappa shape index (κ3) is 8.01. The van der Waals surface area contributed by atoms with Gasteiger partial charge in [0.15, 0.2) is 0 Å². The van der Waals surface area contributed by atoms with E-state index in [0.29, 0.717) is 44.2 Å². The molecule has 0 aliphatic carbocycles. The molecule has 11 heteroatoms.